The number of amides is 1. The summed E-state index contributed by atoms with van der Waals surface area (Å²) in [6.45, 7) is 8.23. The lowest BCUT2D eigenvalue weighted by Gasteiger charge is -2.11. The zero-order chi connectivity index (χ0) is 19.6. The highest BCUT2D eigenvalue weighted by Gasteiger charge is 2.12. The van der Waals surface area contributed by atoms with Gasteiger partial charge in [0.05, 0.1) is 4.88 Å². The Hall–Kier alpha value is -2.66. The molecule has 2 aromatic carbocycles. The summed E-state index contributed by atoms with van der Waals surface area (Å²) < 4.78 is 19.6. The summed E-state index contributed by atoms with van der Waals surface area (Å²) in [5, 5.41) is 4.63. The number of thiophene rings is 1. The Bertz CT molecular complexity index is 994. The van der Waals surface area contributed by atoms with Crippen molar-refractivity contribution >= 4 is 22.9 Å². The summed E-state index contributed by atoms with van der Waals surface area (Å²) in [6, 6.07) is 10.6. The predicted molar refractivity (Wildman–Crippen MR) is 108 cm³/mol. The Balaban J connectivity index is 1.66. The van der Waals surface area contributed by atoms with E-state index in [1.165, 1.54) is 23.0 Å². The van der Waals surface area contributed by atoms with Gasteiger partial charge in [-0.15, -0.1) is 11.3 Å². The van der Waals surface area contributed by atoms with Crippen LogP contribution in [-0.2, 0) is 6.61 Å². The molecule has 0 bridgehead atoms. The van der Waals surface area contributed by atoms with E-state index in [-0.39, 0.29) is 11.7 Å². The van der Waals surface area contributed by atoms with Crippen LogP contribution in [0.25, 0.3) is 0 Å². The van der Waals surface area contributed by atoms with Crippen molar-refractivity contribution in [3.63, 3.8) is 0 Å². The number of rotatable bonds is 5. The molecule has 5 heteroatoms. The minimum atomic E-state index is -0.336. The van der Waals surface area contributed by atoms with Gasteiger partial charge in [-0.2, -0.15) is 0 Å². The van der Waals surface area contributed by atoms with Gasteiger partial charge in [-0.3, -0.25) is 4.79 Å². The first kappa shape index (κ1) is 19.1. The molecule has 1 aromatic heterocycles. The Morgan fingerprint density at radius 1 is 1.07 bits per heavy atom. The van der Waals surface area contributed by atoms with Gasteiger partial charge in [0.2, 0.25) is 0 Å². The summed E-state index contributed by atoms with van der Waals surface area (Å²) in [7, 11) is 0. The molecule has 140 valence electrons. The van der Waals surface area contributed by atoms with E-state index in [4.69, 9.17) is 4.74 Å². The van der Waals surface area contributed by atoms with Crippen LogP contribution < -0.4 is 10.1 Å². The monoisotopic (exact) mass is 383 g/mol. The van der Waals surface area contributed by atoms with Gasteiger partial charge in [-0.05, 0) is 79.6 Å². The second-order valence-corrected chi connectivity index (χ2v) is 7.64. The second-order valence-electron chi connectivity index (χ2n) is 6.73. The number of carbonyl (C=O) groups excluding carboxylic acids is 1. The molecule has 0 aliphatic heterocycles. The zero-order valence-electron chi connectivity index (χ0n) is 15.9. The van der Waals surface area contributed by atoms with E-state index in [2.05, 4.69) is 18.3 Å². The first-order valence-corrected chi connectivity index (χ1v) is 9.57. The van der Waals surface area contributed by atoms with Gasteiger partial charge >= 0.3 is 0 Å². The third-order valence-corrected chi connectivity index (χ3v) is 5.44. The van der Waals surface area contributed by atoms with Gasteiger partial charge in [0.15, 0.2) is 0 Å². The van der Waals surface area contributed by atoms with Crippen LogP contribution in [-0.4, -0.2) is 5.91 Å². The molecule has 3 aromatic rings. The highest BCUT2D eigenvalue weighted by atomic mass is 32.1. The highest BCUT2D eigenvalue weighted by molar-refractivity contribution is 7.12. The van der Waals surface area contributed by atoms with Crippen LogP contribution in [0.15, 0.2) is 41.8 Å². The van der Waals surface area contributed by atoms with Gasteiger partial charge in [0.1, 0.15) is 18.2 Å². The number of hydrogen-bond donors (Lipinski definition) is 1. The standard InChI is InChI=1S/C22H22FNO2S/c1-13-7-15(3)16(4)20(8-13)26-11-17-9-21(27-12-17)22(25)24-18-6-5-14(2)19(23)10-18/h5-10,12H,11H2,1-4H3,(H,24,25). The Morgan fingerprint density at radius 3 is 2.59 bits per heavy atom. The molecule has 0 radical (unpaired) electrons. The fraction of sp³-hybridized carbons (Fsp3) is 0.227. The highest BCUT2D eigenvalue weighted by Crippen LogP contribution is 2.25. The molecule has 0 aliphatic rings. The third kappa shape index (κ3) is 4.55. The molecule has 1 heterocycles. The minimum absolute atomic E-state index is 0.253. The molecule has 3 rings (SSSR count). The van der Waals surface area contributed by atoms with Gasteiger partial charge in [-0.25, -0.2) is 4.39 Å². The van der Waals surface area contributed by atoms with E-state index >= 15 is 0 Å². The molecule has 0 saturated heterocycles. The average molecular weight is 383 g/mol. The van der Waals surface area contributed by atoms with Crippen molar-refractivity contribution in [2.75, 3.05) is 5.32 Å². The number of hydrogen-bond acceptors (Lipinski definition) is 3. The molecule has 0 aliphatic carbocycles. The number of nitrogens with one attached hydrogen (secondary N) is 1. The summed E-state index contributed by atoms with van der Waals surface area (Å²) in [5.41, 5.74) is 5.39. The Labute approximate surface area is 162 Å². The van der Waals surface area contributed by atoms with E-state index in [9.17, 15) is 9.18 Å². The lowest BCUT2D eigenvalue weighted by atomic mass is 10.1. The number of ether oxygens (including phenoxy) is 1. The molecular formula is C22H22FNO2S. The van der Waals surface area contributed by atoms with Crippen molar-refractivity contribution in [3.05, 3.63) is 80.3 Å². The fourth-order valence-electron chi connectivity index (χ4n) is 2.75. The molecule has 0 fully saturated rings. The zero-order valence-corrected chi connectivity index (χ0v) is 16.7. The average Bonchev–Trinajstić information content (AvgIpc) is 3.09. The van der Waals surface area contributed by atoms with Crippen LogP contribution in [0.1, 0.15) is 37.5 Å². The molecule has 0 unspecified atom stereocenters. The number of halogens is 1. The van der Waals surface area contributed by atoms with E-state index < -0.39 is 0 Å². The van der Waals surface area contributed by atoms with E-state index in [0.29, 0.717) is 22.7 Å². The molecule has 1 amide bonds. The lowest BCUT2D eigenvalue weighted by molar-refractivity contribution is 0.103. The lowest BCUT2D eigenvalue weighted by Crippen LogP contribution is -2.10. The van der Waals surface area contributed by atoms with Crippen LogP contribution in [0.3, 0.4) is 0 Å². The number of anilines is 1. The first-order chi connectivity index (χ1) is 12.8. The topological polar surface area (TPSA) is 38.3 Å². The maximum Gasteiger partial charge on any atom is 0.265 e. The second kappa shape index (κ2) is 7.92. The van der Waals surface area contributed by atoms with Crippen molar-refractivity contribution in [1.29, 1.82) is 0 Å². The Morgan fingerprint density at radius 2 is 1.85 bits per heavy atom. The number of carbonyl (C=O) groups is 1. The quantitative estimate of drug-likeness (QED) is 0.591. The third-order valence-electron chi connectivity index (χ3n) is 4.47. The SMILES string of the molecule is Cc1cc(C)c(C)c(OCc2csc(C(=O)Nc3ccc(C)c(F)c3)c2)c1. The van der Waals surface area contributed by atoms with Crippen molar-refractivity contribution < 1.29 is 13.9 Å². The van der Waals surface area contributed by atoms with Crippen LogP contribution in [0.5, 0.6) is 5.75 Å². The molecule has 0 spiro atoms. The molecule has 0 saturated carbocycles. The van der Waals surface area contributed by atoms with Crippen molar-refractivity contribution in [1.82, 2.24) is 0 Å². The van der Waals surface area contributed by atoms with E-state index in [1.807, 2.05) is 31.4 Å². The molecule has 0 atom stereocenters. The maximum atomic E-state index is 13.6. The van der Waals surface area contributed by atoms with Gasteiger partial charge in [0, 0.05) is 11.3 Å². The van der Waals surface area contributed by atoms with Gasteiger partial charge < -0.3 is 10.1 Å². The van der Waals surface area contributed by atoms with E-state index in [0.717, 1.165) is 22.4 Å². The Kier molecular flexibility index (Phi) is 5.61. The van der Waals surface area contributed by atoms with Crippen LogP contribution in [0.2, 0.25) is 0 Å². The molecule has 27 heavy (non-hydrogen) atoms. The first-order valence-electron chi connectivity index (χ1n) is 8.69. The van der Waals surface area contributed by atoms with E-state index in [1.54, 1.807) is 19.1 Å². The van der Waals surface area contributed by atoms with Crippen LogP contribution in [0, 0.1) is 33.5 Å². The molecular weight excluding hydrogens is 361 g/mol. The predicted octanol–water partition coefficient (Wildman–Crippen LogP) is 5.95. The minimum Gasteiger partial charge on any atom is -0.489 e. The molecule has 1 N–H and O–H groups in total. The van der Waals surface area contributed by atoms with Gasteiger partial charge in [-0.1, -0.05) is 12.1 Å². The number of aryl methyl sites for hydroxylation is 3. The van der Waals surface area contributed by atoms with Gasteiger partial charge in [0.25, 0.3) is 5.91 Å². The fourth-order valence-corrected chi connectivity index (χ4v) is 3.54. The largest absolute Gasteiger partial charge is 0.489 e. The van der Waals surface area contributed by atoms with Crippen LogP contribution in [0.4, 0.5) is 10.1 Å². The van der Waals surface area contributed by atoms with Crippen molar-refractivity contribution in [2.45, 2.75) is 34.3 Å². The summed E-state index contributed by atoms with van der Waals surface area (Å²) in [4.78, 5) is 12.9. The van der Waals surface area contributed by atoms with Crippen molar-refractivity contribution in [3.8, 4) is 5.75 Å². The van der Waals surface area contributed by atoms with Crippen LogP contribution >= 0.6 is 11.3 Å². The number of benzene rings is 2. The maximum absolute atomic E-state index is 13.6. The molecule has 3 nitrogen and oxygen atoms in total. The normalized spacial score (nSPS) is 10.7. The smallest absolute Gasteiger partial charge is 0.265 e. The summed E-state index contributed by atoms with van der Waals surface area (Å²) in [5.74, 6) is 0.272. The summed E-state index contributed by atoms with van der Waals surface area (Å²) in [6.07, 6.45) is 0. The van der Waals surface area contributed by atoms with Crippen molar-refractivity contribution in [2.24, 2.45) is 0 Å². The summed E-state index contributed by atoms with van der Waals surface area (Å²) >= 11 is 1.34.